The van der Waals surface area contributed by atoms with Crippen molar-refractivity contribution < 1.29 is 13.2 Å². The first-order chi connectivity index (χ1) is 8.44. The molecule has 1 fully saturated rings. The predicted octanol–water partition coefficient (Wildman–Crippen LogP) is 4.84. The monoisotopic (exact) mass is 317 g/mol. The normalized spacial score (nSPS) is 16.4. The number of hydrogen-bond donors (Lipinski definition) is 0. The van der Waals surface area contributed by atoms with Crippen LogP contribution in [0.1, 0.15) is 24.6 Å². The SMILES string of the molecule is FC(F)(F)Cc1cc2ccc(Br)cc2n1C1CC1. The molecular formula is C13H11BrF3N. The molecule has 3 rings (SSSR count). The Balaban J connectivity index is 2.15. The van der Waals surface area contributed by atoms with Gasteiger partial charge in [0.2, 0.25) is 0 Å². The highest BCUT2D eigenvalue weighted by Crippen LogP contribution is 2.41. The van der Waals surface area contributed by atoms with Gasteiger partial charge in [-0.3, -0.25) is 0 Å². The lowest BCUT2D eigenvalue weighted by molar-refractivity contribution is -0.128. The number of benzene rings is 1. The highest BCUT2D eigenvalue weighted by molar-refractivity contribution is 9.10. The quantitative estimate of drug-likeness (QED) is 0.746. The van der Waals surface area contributed by atoms with E-state index in [0.29, 0.717) is 5.69 Å². The molecule has 18 heavy (non-hydrogen) atoms. The van der Waals surface area contributed by atoms with E-state index >= 15 is 0 Å². The molecule has 1 aromatic heterocycles. The number of alkyl halides is 3. The van der Waals surface area contributed by atoms with Crippen LogP contribution in [0.2, 0.25) is 0 Å². The maximum atomic E-state index is 12.6. The zero-order chi connectivity index (χ0) is 12.9. The molecular weight excluding hydrogens is 307 g/mol. The lowest BCUT2D eigenvalue weighted by atomic mass is 10.2. The van der Waals surface area contributed by atoms with Gasteiger partial charge < -0.3 is 4.57 Å². The Morgan fingerprint density at radius 1 is 1.22 bits per heavy atom. The van der Waals surface area contributed by atoms with Crippen LogP contribution in [0.25, 0.3) is 10.9 Å². The third kappa shape index (κ3) is 2.28. The minimum atomic E-state index is -4.15. The molecule has 1 aromatic carbocycles. The second-order valence-corrected chi connectivity index (χ2v) is 5.65. The first-order valence-corrected chi connectivity index (χ1v) is 6.59. The van der Waals surface area contributed by atoms with Crippen molar-refractivity contribution in [3.05, 3.63) is 34.4 Å². The van der Waals surface area contributed by atoms with E-state index in [2.05, 4.69) is 15.9 Å². The predicted molar refractivity (Wildman–Crippen MR) is 67.7 cm³/mol. The number of hydrogen-bond acceptors (Lipinski definition) is 0. The van der Waals surface area contributed by atoms with Crippen molar-refractivity contribution in [2.75, 3.05) is 0 Å². The van der Waals surface area contributed by atoms with E-state index in [1.807, 2.05) is 22.8 Å². The van der Waals surface area contributed by atoms with E-state index in [1.54, 1.807) is 6.07 Å². The van der Waals surface area contributed by atoms with E-state index in [4.69, 9.17) is 0 Å². The van der Waals surface area contributed by atoms with Crippen LogP contribution in [-0.2, 0) is 6.42 Å². The standard InChI is InChI=1S/C13H11BrF3N/c14-9-2-1-8-5-11(7-13(15,16)17)18(10-3-4-10)12(8)6-9/h1-2,5-6,10H,3-4,7H2. The minimum absolute atomic E-state index is 0.245. The van der Waals surface area contributed by atoms with Crippen LogP contribution in [-0.4, -0.2) is 10.7 Å². The van der Waals surface area contributed by atoms with Gasteiger partial charge in [-0.25, -0.2) is 0 Å². The van der Waals surface area contributed by atoms with Gasteiger partial charge in [0.05, 0.1) is 6.42 Å². The molecule has 96 valence electrons. The summed E-state index contributed by atoms with van der Waals surface area (Å²) in [6.45, 7) is 0. The Kier molecular flexibility index (Phi) is 2.70. The van der Waals surface area contributed by atoms with Crippen molar-refractivity contribution in [1.29, 1.82) is 0 Å². The van der Waals surface area contributed by atoms with Crippen molar-refractivity contribution >= 4 is 26.8 Å². The van der Waals surface area contributed by atoms with Crippen LogP contribution in [0.5, 0.6) is 0 Å². The molecule has 0 aliphatic heterocycles. The smallest absolute Gasteiger partial charge is 0.341 e. The molecule has 0 N–H and O–H groups in total. The van der Waals surface area contributed by atoms with Crippen LogP contribution < -0.4 is 0 Å². The summed E-state index contributed by atoms with van der Waals surface area (Å²) in [7, 11) is 0. The van der Waals surface area contributed by atoms with Gasteiger partial charge in [0.25, 0.3) is 0 Å². The Morgan fingerprint density at radius 2 is 1.94 bits per heavy atom. The molecule has 0 amide bonds. The van der Waals surface area contributed by atoms with Crippen molar-refractivity contribution in [3.8, 4) is 0 Å². The average molecular weight is 318 g/mol. The summed E-state index contributed by atoms with van der Waals surface area (Å²) >= 11 is 3.37. The number of nitrogens with zero attached hydrogens (tertiary/aromatic N) is 1. The molecule has 0 unspecified atom stereocenters. The fourth-order valence-electron chi connectivity index (χ4n) is 2.36. The third-order valence-electron chi connectivity index (χ3n) is 3.18. The summed E-state index contributed by atoms with van der Waals surface area (Å²) in [6, 6.07) is 7.52. The molecule has 1 aliphatic carbocycles. The highest BCUT2D eigenvalue weighted by Gasteiger charge is 2.33. The van der Waals surface area contributed by atoms with Crippen LogP contribution in [0.15, 0.2) is 28.7 Å². The van der Waals surface area contributed by atoms with Gasteiger partial charge in [-0.05, 0) is 36.4 Å². The maximum Gasteiger partial charge on any atom is 0.394 e. The summed E-state index contributed by atoms with van der Waals surface area (Å²) in [5.74, 6) is 0. The van der Waals surface area contributed by atoms with E-state index in [1.165, 1.54) is 0 Å². The molecule has 0 spiro atoms. The largest absolute Gasteiger partial charge is 0.394 e. The second kappa shape index (κ2) is 4.02. The van der Waals surface area contributed by atoms with Crippen molar-refractivity contribution in [3.63, 3.8) is 0 Å². The van der Waals surface area contributed by atoms with E-state index in [9.17, 15) is 13.2 Å². The molecule has 0 radical (unpaired) electrons. The maximum absolute atomic E-state index is 12.6. The van der Waals surface area contributed by atoms with Gasteiger partial charge in [-0.15, -0.1) is 0 Å². The lowest BCUT2D eigenvalue weighted by Gasteiger charge is -2.11. The van der Waals surface area contributed by atoms with Gasteiger partial charge in [0, 0.05) is 21.7 Å². The van der Waals surface area contributed by atoms with Crippen LogP contribution >= 0.6 is 15.9 Å². The zero-order valence-electron chi connectivity index (χ0n) is 9.47. The average Bonchev–Trinajstić information content (AvgIpc) is 3.00. The molecule has 2 aromatic rings. The van der Waals surface area contributed by atoms with Crippen LogP contribution in [0.4, 0.5) is 13.2 Å². The van der Waals surface area contributed by atoms with Gasteiger partial charge in [0.1, 0.15) is 0 Å². The lowest BCUT2D eigenvalue weighted by Crippen LogP contribution is -2.14. The fourth-order valence-corrected chi connectivity index (χ4v) is 2.71. The van der Waals surface area contributed by atoms with Crippen molar-refractivity contribution in [1.82, 2.24) is 4.57 Å². The Hall–Kier alpha value is -0.970. The molecule has 5 heteroatoms. The Labute approximate surface area is 111 Å². The van der Waals surface area contributed by atoms with Crippen molar-refractivity contribution in [2.24, 2.45) is 0 Å². The number of rotatable bonds is 2. The molecule has 1 nitrogen and oxygen atoms in total. The molecule has 0 atom stereocenters. The number of fused-ring (bicyclic) bond motifs is 1. The topological polar surface area (TPSA) is 4.93 Å². The Morgan fingerprint density at radius 3 is 2.56 bits per heavy atom. The highest BCUT2D eigenvalue weighted by atomic mass is 79.9. The fraction of sp³-hybridized carbons (Fsp3) is 0.385. The zero-order valence-corrected chi connectivity index (χ0v) is 11.1. The van der Waals surface area contributed by atoms with Crippen molar-refractivity contribution in [2.45, 2.75) is 31.5 Å². The number of aromatic nitrogens is 1. The summed E-state index contributed by atoms with van der Waals surface area (Å²) in [6.07, 6.45) is -3.06. The first kappa shape index (κ1) is 12.1. The molecule has 1 aliphatic rings. The third-order valence-corrected chi connectivity index (χ3v) is 3.67. The second-order valence-electron chi connectivity index (χ2n) is 4.73. The molecule has 0 saturated heterocycles. The summed E-state index contributed by atoms with van der Waals surface area (Å²) in [4.78, 5) is 0. The van der Waals surface area contributed by atoms with Gasteiger partial charge >= 0.3 is 6.18 Å². The van der Waals surface area contributed by atoms with Crippen LogP contribution in [0.3, 0.4) is 0 Å². The molecule has 1 heterocycles. The summed E-state index contributed by atoms with van der Waals surface area (Å²) < 4.78 is 40.5. The van der Waals surface area contributed by atoms with Crippen LogP contribution in [0, 0.1) is 0 Å². The van der Waals surface area contributed by atoms with Gasteiger partial charge in [-0.2, -0.15) is 13.2 Å². The number of halogens is 4. The molecule has 0 bridgehead atoms. The van der Waals surface area contributed by atoms with E-state index in [-0.39, 0.29) is 6.04 Å². The van der Waals surface area contributed by atoms with Gasteiger partial charge in [0.15, 0.2) is 0 Å². The first-order valence-electron chi connectivity index (χ1n) is 5.80. The van der Waals surface area contributed by atoms with Gasteiger partial charge in [-0.1, -0.05) is 22.0 Å². The summed E-state index contributed by atoms with van der Waals surface area (Å²) in [5.41, 5.74) is 1.27. The Bertz CT molecular complexity index is 596. The molecule has 1 saturated carbocycles. The van der Waals surface area contributed by atoms with E-state index in [0.717, 1.165) is 28.2 Å². The summed E-state index contributed by atoms with van der Waals surface area (Å²) in [5, 5.41) is 0.879. The minimum Gasteiger partial charge on any atom is -0.341 e. The van der Waals surface area contributed by atoms with E-state index < -0.39 is 12.6 Å².